The summed E-state index contributed by atoms with van der Waals surface area (Å²) in [6.07, 6.45) is -0.914. The third-order valence-electron chi connectivity index (χ3n) is 14.6. The highest BCUT2D eigenvalue weighted by atomic mass is 35.5. The second kappa shape index (κ2) is 25.5. The molecular formula is C55H66ClN7O16. The number of anilines is 1. The number of carbonyl (C=O) groups excluding carboxylic acids is 8. The first-order chi connectivity index (χ1) is 37.6. The van der Waals surface area contributed by atoms with E-state index >= 15 is 0 Å². The fraction of sp³-hybridized carbons (Fsp3) is 0.455. The maximum atomic E-state index is 14.3. The average Bonchev–Trinajstić information content (AvgIpc) is 4.23. The van der Waals surface area contributed by atoms with Crippen LogP contribution in [0.15, 0.2) is 84.5 Å². The molecule has 3 aromatic carbocycles. The van der Waals surface area contributed by atoms with Crippen molar-refractivity contribution in [2.45, 2.75) is 94.7 Å². The zero-order chi connectivity index (χ0) is 57.3. The van der Waals surface area contributed by atoms with Crippen molar-refractivity contribution in [1.29, 1.82) is 0 Å². The topological polar surface area (TPSA) is 291 Å². The minimum absolute atomic E-state index is 0.0248. The number of ether oxygens (including phenoxy) is 6. The van der Waals surface area contributed by atoms with Gasteiger partial charge in [0.1, 0.15) is 47.3 Å². The smallest absolute Gasteiger partial charge is 0.431 e. The van der Waals surface area contributed by atoms with Crippen LogP contribution in [0.1, 0.15) is 63.1 Å². The molecule has 424 valence electrons. The summed E-state index contributed by atoms with van der Waals surface area (Å²) in [6.45, 7) is 4.28. The SMILES string of the molecule is COc1cc2cc(c1Cl)N(C)C(=O)CC(OC(=O)C(C)N(C)C(=O)CNC(=O)CNC(=O)CNC(=O)CONC(=O)OCC1c3ccccc3-c3ccccc31)C1(C)OC1C(C)C1CC(O)(NC(=O)O1)C(OC)/C=C/C=C(\C)C2. The molecule has 0 aromatic heterocycles. The van der Waals surface area contributed by atoms with Gasteiger partial charge in [-0.05, 0) is 67.1 Å². The number of nitrogens with zero attached hydrogens (tertiary/aromatic N) is 2. The number of allylic oxidation sites excluding steroid dienone is 3. The predicted molar refractivity (Wildman–Crippen MR) is 284 cm³/mol. The zero-order valence-electron chi connectivity index (χ0n) is 45.0. The Balaban J connectivity index is 0.901. The highest BCUT2D eigenvalue weighted by molar-refractivity contribution is 6.35. The van der Waals surface area contributed by atoms with Gasteiger partial charge in [0.2, 0.25) is 29.5 Å². The van der Waals surface area contributed by atoms with E-state index in [0.29, 0.717) is 17.9 Å². The molecule has 0 spiro atoms. The third kappa shape index (κ3) is 14.0. The average molecular weight is 1120 g/mol. The van der Waals surface area contributed by atoms with Gasteiger partial charge in [0, 0.05) is 39.5 Å². The van der Waals surface area contributed by atoms with Crippen molar-refractivity contribution in [1.82, 2.24) is 31.6 Å². The second-order valence-corrected chi connectivity index (χ2v) is 20.3. The van der Waals surface area contributed by atoms with Crippen molar-refractivity contribution >= 4 is 65.0 Å². The Morgan fingerprint density at radius 1 is 0.949 bits per heavy atom. The number of aliphatic hydroxyl groups is 1. The van der Waals surface area contributed by atoms with E-state index in [2.05, 4.69) is 21.3 Å². The molecule has 8 unspecified atom stereocenters. The van der Waals surface area contributed by atoms with Crippen molar-refractivity contribution in [3.05, 3.63) is 106 Å². The Morgan fingerprint density at radius 3 is 2.23 bits per heavy atom. The number of methoxy groups -OCH3 is 2. The lowest BCUT2D eigenvalue weighted by atomic mass is 9.83. The van der Waals surface area contributed by atoms with Gasteiger partial charge in [0.15, 0.2) is 12.3 Å². The molecule has 4 bridgehead atoms. The lowest BCUT2D eigenvalue weighted by Gasteiger charge is -2.42. The number of amides is 7. The van der Waals surface area contributed by atoms with Gasteiger partial charge >= 0.3 is 18.2 Å². The number of alkyl carbamates (subject to hydrolysis) is 1. The molecule has 1 aliphatic carbocycles. The summed E-state index contributed by atoms with van der Waals surface area (Å²) in [7, 11) is 5.66. The van der Waals surface area contributed by atoms with Crippen LogP contribution in [0.4, 0.5) is 15.3 Å². The Labute approximate surface area is 461 Å². The number of rotatable bonds is 16. The summed E-state index contributed by atoms with van der Waals surface area (Å²) in [5.41, 5.74) is 4.84. The van der Waals surface area contributed by atoms with E-state index in [1.165, 1.54) is 40.1 Å². The third-order valence-corrected chi connectivity index (χ3v) is 14.9. The number of carbonyl (C=O) groups is 8. The quantitative estimate of drug-likeness (QED) is 0.0519. The molecule has 0 saturated carbocycles. The fourth-order valence-corrected chi connectivity index (χ4v) is 10.2. The van der Waals surface area contributed by atoms with Gasteiger partial charge in [-0.2, -0.15) is 5.48 Å². The maximum Gasteiger partial charge on any atom is 0.431 e. The Kier molecular flexibility index (Phi) is 19.1. The molecule has 23 nitrogen and oxygen atoms in total. The molecule has 2 saturated heterocycles. The summed E-state index contributed by atoms with van der Waals surface area (Å²) >= 11 is 6.79. The van der Waals surface area contributed by atoms with Crippen molar-refractivity contribution in [2.24, 2.45) is 5.92 Å². The van der Waals surface area contributed by atoms with Gasteiger partial charge in [0.05, 0.1) is 45.0 Å². The molecule has 0 radical (unpaired) electrons. The van der Waals surface area contributed by atoms with Crippen molar-refractivity contribution in [2.75, 3.05) is 66.1 Å². The van der Waals surface area contributed by atoms with Crippen LogP contribution >= 0.6 is 11.6 Å². The van der Waals surface area contributed by atoms with Gasteiger partial charge in [-0.1, -0.05) is 90.9 Å². The molecule has 4 aliphatic rings. The van der Waals surface area contributed by atoms with E-state index in [-0.39, 0.29) is 24.0 Å². The Morgan fingerprint density at radius 2 is 1.58 bits per heavy atom. The molecule has 7 rings (SSSR count). The molecule has 24 heteroatoms. The Hall–Kier alpha value is -7.57. The maximum absolute atomic E-state index is 14.3. The minimum atomic E-state index is -1.91. The normalized spacial score (nSPS) is 25.0. The number of benzene rings is 3. The fourth-order valence-electron chi connectivity index (χ4n) is 9.84. The van der Waals surface area contributed by atoms with Crippen LogP contribution in [-0.4, -0.2) is 161 Å². The van der Waals surface area contributed by atoms with Crippen LogP contribution in [0.3, 0.4) is 0 Å². The largest absolute Gasteiger partial charge is 0.495 e. The van der Waals surface area contributed by atoms with Gasteiger partial charge in [0.25, 0.3) is 0 Å². The minimum Gasteiger partial charge on any atom is -0.495 e. The zero-order valence-corrected chi connectivity index (χ0v) is 45.8. The molecule has 3 aliphatic heterocycles. The summed E-state index contributed by atoms with van der Waals surface area (Å²) in [4.78, 5) is 112. The number of hydrogen-bond donors (Lipinski definition) is 6. The highest BCUT2D eigenvalue weighted by Crippen LogP contribution is 2.49. The lowest BCUT2D eigenvalue weighted by molar-refractivity contribution is -0.161. The standard InChI is InChI=1S/C55H66ClN7O16/c1-30-14-13-19-42(74-8)55(72)24-41(77-52(70)60-55)31(2)50-54(4,79-50)43(23-47(67)63(6)39-21-33(20-30)22-40(73-7)49(39)56)78-51(69)32(3)62(5)48(68)27-59-45(65)25-57-44(64)26-58-46(66)29-76-61-53(71)75-28-38-36-17-11-9-15-34(36)35-16-10-12-18-37(35)38/h9-19,21-22,31-32,38,41-43,50,72H,20,23-29H2,1-8H3,(H,57,64)(H,58,66)(H,59,65)(H,60,70)(H,61,71)/b19-13+,30-14+. The van der Waals surface area contributed by atoms with E-state index in [1.807, 2.05) is 67.0 Å². The monoisotopic (exact) mass is 1120 g/mol. The highest BCUT2D eigenvalue weighted by Gasteiger charge is 2.64. The van der Waals surface area contributed by atoms with Crippen LogP contribution < -0.4 is 36.4 Å². The molecule has 79 heavy (non-hydrogen) atoms. The van der Waals surface area contributed by atoms with Crippen LogP contribution in [0, 0.1) is 5.92 Å². The van der Waals surface area contributed by atoms with E-state index in [9.17, 15) is 43.5 Å². The second-order valence-electron chi connectivity index (χ2n) is 20.0. The van der Waals surface area contributed by atoms with E-state index in [1.54, 1.807) is 38.1 Å². The number of likely N-dealkylation sites (N-methyl/N-ethyl adjacent to an activating group) is 1. The molecule has 7 amide bonds. The molecular weight excluding hydrogens is 1050 g/mol. The van der Waals surface area contributed by atoms with Gasteiger partial charge < -0.3 is 59.3 Å². The molecule has 3 heterocycles. The number of nitrogens with one attached hydrogen (secondary N) is 5. The Bertz CT molecular complexity index is 2860. The first kappa shape index (κ1) is 59.1. The number of epoxide rings is 1. The lowest BCUT2D eigenvalue weighted by Crippen LogP contribution is -2.63. The van der Waals surface area contributed by atoms with Gasteiger partial charge in [-0.3, -0.25) is 34.1 Å². The predicted octanol–water partition coefficient (Wildman–Crippen LogP) is 3.33. The number of hydroxylamine groups is 1. The molecule has 2 fully saturated rings. The first-order valence-electron chi connectivity index (χ1n) is 25.4. The molecule has 3 aromatic rings. The van der Waals surface area contributed by atoms with E-state index < -0.39 is 128 Å². The molecule has 6 N–H and O–H groups in total. The van der Waals surface area contributed by atoms with Crippen LogP contribution in [0.25, 0.3) is 11.1 Å². The van der Waals surface area contributed by atoms with Crippen molar-refractivity contribution in [3.63, 3.8) is 0 Å². The van der Waals surface area contributed by atoms with Crippen molar-refractivity contribution in [3.8, 4) is 16.9 Å². The molecule has 8 atom stereocenters. The summed E-state index contributed by atoms with van der Waals surface area (Å²) in [5, 5.41) is 21.4. The van der Waals surface area contributed by atoms with Crippen molar-refractivity contribution < 1.29 is 76.7 Å². The van der Waals surface area contributed by atoms with Crippen LogP contribution in [0.2, 0.25) is 5.02 Å². The van der Waals surface area contributed by atoms with Gasteiger partial charge in [-0.25, -0.2) is 14.4 Å². The number of halogens is 1. The first-order valence-corrected chi connectivity index (χ1v) is 25.8. The number of fused-ring (bicyclic) bond motifs is 8. The van der Waals surface area contributed by atoms with E-state index in [4.69, 9.17) is 44.9 Å². The van der Waals surface area contributed by atoms with Crippen LogP contribution in [-0.2, 0) is 63.7 Å². The summed E-state index contributed by atoms with van der Waals surface area (Å²) < 4.78 is 34.6. The number of hydrogen-bond acceptors (Lipinski definition) is 16. The van der Waals surface area contributed by atoms with E-state index in [0.717, 1.165) is 38.3 Å². The number of esters is 1. The van der Waals surface area contributed by atoms with Gasteiger partial charge in [-0.15, -0.1) is 0 Å². The summed E-state index contributed by atoms with van der Waals surface area (Å²) in [5.74, 6) is -5.01. The summed E-state index contributed by atoms with van der Waals surface area (Å²) in [6, 6.07) is 17.9. The van der Waals surface area contributed by atoms with Crippen LogP contribution in [0.5, 0.6) is 5.75 Å².